The monoisotopic (exact) mass is 348 g/mol. The third-order valence-electron chi connectivity index (χ3n) is 3.85. The second-order valence-corrected chi connectivity index (χ2v) is 5.85. The van der Waals surface area contributed by atoms with Crippen LogP contribution in [0.3, 0.4) is 0 Å². The lowest BCUT2D eigenvalue weighted by Crippen LogP contribution is -2.17. The van der Waals surface area contributed by atoms with Crippen LogP contribution in [0.15, 0.2) is 42.4 Å². The molecule has 0 aliphatic carbocycles. The van der Waals surface area contributed by atoms with Crippen LogP contribution in [-0.2, 0) is 6.42 Å². The lowest BCUT2D eigenvalue weighted by molar-refractivity contribution is 0.0976. The van der Waals surface area contributed by atoms with E-state index in [2.05, 4.69) is 0 Å². The molecule has 4 heteroatoms. The molecule has 0 aliphatic heterocycles. The van der Waals surface area contributed by atoms with Gasteiger partial charge in [-0.3, -0.25) is 0 Å². The number of hydrogen-bond acceptors (Lipinski definition) is 4. The number of benzene rings is 2. The van der Waals surface area contributed by atoms with E-state index in [1.165, 1.54) is 0 Å². The van der Waals surface area contributed by atoms with E-state index in [-0.39, 0.29) is 36.5 Å². The molecule has 0 saturated carbocycles. The molecule has 0 fully saturated rings. The number of aliphatic hydroxyl groups excluding tert-OH is 1. The van der Waals surface area contributed by atoms with Crippen LogP contribution >= 0.6 is 0 Å². The Balaban J connectivity index is 1.82. The summed E-state index contributed by atoms with van der Waals surface area (Å²) in [6.07, 6.45) is 2.30. The molecule has 0 heterocycles. The zero-order valence-corrected chi connectivity index (χ0v) is 15.0. The summed E-state index contributed by atoms with van der Waals surface area (Å²) in [4.78, 5) is 0. The molecule has 0 radical (unpaired) electrons. The second kappa shape index (κ2) is 9.94. The number of hydrogen-bond donors (Lipinski definition) is 1. The fraction of sp³-hybridized carbons (Fsp3) is 0.429. The molecule has 4 nitrogen and oxygen atoms in total. The van der Waals surface area contributed by atoms with Crippen molar-refractivity contribution in [3.05, 3.63) is 53.5 Å². The Morgan fingerprint density at radius 3 is 2.68 bits per heavy atom. The van der Waals surface area contributed by atoms with Crippen molar-refractivity contribution >= 4 is 0 Å². The first-order chi connectivity index (χ1) is 13.8. The third-order valence-corrected chi connectivity index (χ3v) is 3.85. The Hall–Kier alpha value is -2.20. The van der Waals surface area contributed by atoms with E-state index < -0.39 is 6.10 Å². The summed E-state index contributed by atoms with van der Waals surface area (Å²) in [6.45, 7) is 1.50. The van der Waals surface area contributed by atoms with Crippen LogP contribution in [0, 0.1) is 6.92 Å². The molecule has 0 aromatic heterocycles. The highest BCUT2D eigenvalue weighted by molar-refractivity contribution is 5.42. The molecule has 1 N–H and O–H groups in total. The van der Waals surface area contributed by atoms with Gasteiger partial charge >= 0.3 is 0 Å². The molecule has 1 unspecified atom stereocenters. The van der Waals surface area contributed by atoms with Crippen LogP contribution in [0.2, 0.25) is 0 Å². The summed E-state index contributed by atoms with van der Waals surface area (Å²) < 4.78 is 47.4. The molecule has 0 spiro atoms. The standard InChI is InChI=1S/C21H28O4/c1-16-7-6-10-19(13-16)25-15-18(22)9-5-4-8-17-11-12-20(23-2)21(14-17)24-3/h6-7,10-14,18,22H,4-5,8-9,15H2,1-3H3/i6D,7D,10D,13D. The molecule has 0 saturated heterocycles. The SMILES string of the molecule is [2H]c1c([2H])c(C)c([2H])c(OCC(O)CCCCc2ccc(OC)c(OC)c2)c1[2H]. The van der Waals surface area contributed by atoms with Gasteiger partial charge in [0.25, 0.3) is 0 Å². The quantitative estimate of drug-likeness (QED) is 0.655. The Morgan fingerprint density at radius 2 is 1.92 bits per heavy atom. The maximum Gasteiger partial charge on any atom is 0.160 e. The van der Waals surface area contributed by atoms with Gasteiger partial charge < -0.3 is 19.3 Å². The molecule has 2 rings (SSSR count). The predicted molar refractivity (Wildman–Crippen MR) is 99.8 cm³/mol. The average Bonchev–Trinajstić information content (AvgIpc) is 2.73. The van der Waals surface area contributed by atoms with Gasteiger partial charge in [-0.25, -0.2) is 0 Å². The Kier molecular flexibility index (Phi) is 5.58. The van der Waals surface area contributed by atoms with Gasteiger partial charge in [0.05, 0.1) is 25.8 Å². The van der Waals surface area contributed by atoms with Gasteiger partial charge in [0.1, 0.15) is 12.4 Å². The lowest BCUT2D eigenvalue weighted by Gasteiger charge is -2.13. The highest BCUT2D eigenvalue weighted by Gasteiger charge is 2.07. The van der Waals surface area contributed by atoms with Crippen molar-refractivity contribution in [1.29, 1.82) is 0 Å². The highest BCUT2D eigenvalue weighted by atomic mass is 16.5. The van der Waals surface area contributed by atoms with Gasteiger partial charge in [-0.1, -0.05) is 24.6 Å². The average molecular weight is 348 g/mol. The largest absolute Gasteiger partial charge is 0.493 e. The summed E-state index contributed by atoms with van der Waals surface area (Å²) in [6, 6.07) is 5.05. The topological polar surface area (TPSA) is 47.9 Å². The van der Waals surface area contributed by atoms with Gasteiger partial charge in [0.2, 0.25) is 0 Å². The van der Waals surface area contributed by atoms with Crippen LogP contribution in [-0.4, -0.2) is 32.0 Å². The lowest BCUT2D eigenvalue weighted by atomic mass is 10.0. The molecule has 136 valence electrons. The third kappa shape index (κ3) is 6.31. The van der Waals surface area contributed by atoms with Gasteiger partial charge in [-0.15, -0.1) is 0 Å². The Morgan fingerprint density at radius 1 is 1.12 bits per heavy atom. The summed E-state index contributed by atoms with van der Waals surface area (Å²) in [5, 5.41) is 10.2. The Labute approximate surface area is 156 Å². The van der Waals surface area contributed by atoms with Crippen LogP contribution in [0.5, 0.6) is 17.2 Å². The van der Waals surface area contributed by atoms with Crippen molar-refractivity contribution in [2.75, 3.05) is 20.8 Å². The van der Waals surface area contributed by atoms with Crippen molar-refractivity contribution in [2.24, 2.45) is 0 Å². The minimum Gasteiger partial charge on any atom is -0.493 e. The van der Waals surface area contributed by atoms with E-state index >= 15 is 0 Å². The summed E-state index contributed by atoms with van der Waals surface area (Å²) in [7, 11) is 3.20. The molecular formula is C21H28O4. The van der Waals surface area contributed by atoms with Crippen molar-refractivity contribution in [3.63, 3.8) is 0 Å². The molecule has 2 aromatic carbocycles. The molecule has 1 atom stereocenters. The van der Waals surface area contributed by atoms with E-state index in [0.717, 1.165) is 24.8 Å². The van der Waals surface area contributed by atoms with Gasteiger partial charge in [-0.2, -0.15) is 0 Å². The molecule has 25 heavy (non-hydrogen) atoms. The minimum atomic E-state index is -0.732. The van der Waals surface area contributed by atoms with Crippen molar-refractivity contribution in [3.8, 4) is 17.2 Å². The molecule has 0 bridgehead atoms. The smallest absolute Gasteiger partial charge is 0.160 e. The van der Waals surface area contributed by atoms with Crippen LogP contribution in [0.4, 0.5) is 0 Å². The fourth-order valence-electron chi connectivity index (χ4n) is 2.49. The van der Waals surface area contributed by atoms with E-state index in [1.807, 2.05) is 18.2 Å². The van der Waals surface area contributed by atoms with Crippen LogP contribution in [0.1, 0.15) is 35.9 Å². The van der Waals surface area contributed by atoms with Crippen molar-refractivity contribution in [1.82, 2.24) is 0 Å². The first kappa shape index (κ1) is 14.0. The summed E-state index contributed by atoms with van der Waals surface area (Å²) in [5.74, 6) is 1.34. The maximum absolute atomic E-state index is 10.2. The first-order valence-electron chi connectivity index (χ1n) is 10.4. The number of aryl methyl sites for hydroxylation is 1. The van der Waals surface area contributed by atoms with Gasteiger partial charge in [-0.05, 0) is 61.5 Å². The van der Waals surface area contributed by atoms with E-state index in [9.17, 15) is 5.11 Å². The van der Waals surface area contributed by atoms with Gasteiger partial charge in [0, 0.05) is 0 Å². The van der Waals surface area contributed by atoms with E-state index in [4.69, 9.17) is 19.7 Å². The van der Waals surface area contributed by atoms with Crippen molar-refractivity contribution in [2.45, 2.75) is 38.7 Å². The molecule has 0 amide bonds. The minimum absolute atomic E-state index is 0.0483. The summed E-state index contributed by atoms with van der Waals surface area (Å²) >= 11 is 0. The number of methoxy groups -OCH3 is 2. The summed E-state index contributed by atoms with van der Waals surface area (Å²) in [5.41, 5.74) is 1.42. The number of rotatable bonds is 10. The normalized spacial score (nSPS) is 14.1. The van der Waals surface area contributed by atoms with E-state index in [0.29, 0.717) is 23.5 Å². The highest BCUT2D eigenvalue weighted by Crippen LogP contribution is 2.28. The zero-order valence-electron chi connectivity index (χ0n) is 19.0. The van der Waals surface area contributed by atoms with Gasteiger partial charge in [0.15, 0.2) is 11.5 Å². The van der Waals surface area contributed by atoms with Crippen LogP contribution < -0.4 is 14.2 Å². The first-order valence-corrected chi connectivity index (χ1v) is 8.38. The Bertz CT molecular complexity index is 813. The molecule has 0 aliphatic rings. The van der Waals surface area contributed by atoms with E-state index in [1.54, 1.807) is 21.1 Å². The van der Waals surface area contributed by atoms with Crippen LogP contribution in [0.25, 0.3) is 0 Å². The van der Waals surface area contributed by atoms with Crippen molar-refractivity contribution < 1.29 is 24.8 Å². The zero-order chi connectivity index (χ0) is 21.6. The molecule has 2 aromatic rings. The number of unbranched alkanes of at least 4 members (excludes halogenated alkanes) is 1. The molecular weight excluding hydrogens is 316 g/mol. The predicted octanol–water partition coefficient (Wildman–Crippen LogP) is 4.16. The number of ether oxygens (including phenoxy) is 3. The number of aliphatic hydroxyl groups is 1. The second-order valence-electron chi connectivity index (χ2n) is 5.85. The maximum atomic E-state index is 10.2. The fourth-order valence-corrected chi connectivity index (χ4v) is 2.49.